The van der Waals surface area contributed by atoms with Crippen LogP contribution in [0, 0.1) is 5.92 Å². The maximum Gasteiger partial charge on any atom is 0.227 e. The topological polar surface area (TPSA) is 66.5 Å². The zero-order valence-electron chi connectivity index (χ0n) is 10.9. The Balaban J connectivity index is 2.01. The molecule has 5 nitrogen and oxygen atoms in total. The van der Waals surface area contributed by atoms with Crippen LogP contribution >= 0.6 is 0 Å². The van der Waals surface area contributed by atoms with E-state index in [4.69, 9.17) is 0 Å². The first-order valence-corrected chi connectivity index (χ1v) is 8.57. The molecule has 1 unspecified atom stereocenters. The van der Waals surface area contributed by atoms with Gasteiger partial charge in [-0.25, -0.2) is 8.42 Å². The number of hydrogen-bond acceptors (Lipinski definition) is 4. The first-order valence-electron chi connectivity index (χ1n) is 6.75. The van der Waals surface area contributed by atoms with E-state index in [9.17, 15) is 13.2 Å². The van der Waals surface area contributed by atoms with Gasteiger partial charge in [-0.05, 0) is 32.7 Å². The van der Waals surface area contributed by atoms with Gasteiger partial charge in [-0.3, -0.25) is 4.79 Å². The predicted molar refractivity (Wildman–Crippen MR) is 70.0 cm³/mol. The second-order valence-electron chi connectivity index (χ2n) is 5.22. The molecule has 2 fully saturated rings. The van der Waals surface area contributed by atoms with Gasteiger partial charge < -0.3 is 10.2 Å². The molecule has 104 valence electrons. The van der Waals surface area contributed by atoms with Gasteiger partial charge in [0.2, 0.25) is 5.91 Å². The predicted octanol–water partition coefficient (Wildman–Crippen LogP) is 0.0216. The van der Waals surface area contributed by atoms with Gasteiger partial charge in [0.1, 0.15) is 0 Å². The first kappa shape index (κ1) is 13.8. The lowest BCUT2D eigenvalue weighted by Gasteiger charge is -2.32. The van der Waals surface area contributed by atoms with Crippen molar-refractivity contribution in [2.24, 2.45) is 5.92 Å². The van der Waals surface area contributed by atoms with E-state index in [1.165, 1.54) is 0 Å². The van der Waals surface area contributed by atoms with E-state index in [1.807, 2.05) is 6.92 Å². The summed E-state index contributed by atoms with van der Waals surface area (Å²) in [5, 5.41) is 3.24. The highest BCUT2D eigenvalue weighted by atomic mass is 32.2. The maximum atomic E-state index is 12.4. The van der Waals surface area contributed by atoms with E-state index in [1.54, 1.807) is 4.90 Å². The van der Waals surface area contributed by atoms with Gasteiger partial charge in [0.25, 0.3) is 0 Å². The Morgan fingerprint density at radius 3 is 2.67 bits per heavy atom. The normalized spacial score (nSPS) is 31.2. The van der Waals surface area contributed by atoms with Crippen LogP contribution in [0.4, 0.5) is 0 Å². The summed E-state index contributed by atoms with van der Waals surface area (Å²) in [6, 6.07) is -0.102. The number of nitrogens with zero attached hydrogens (tertiary/aromatic N) is 1. The molecule has 0 aliphatic carbocycles. The van der Waals surface area contributed by atoms with Crippen LogP contribution in [0.5, 0.6) is 0 Å². The molecule has 2 rings (SSSR count). The van der Waals surface area contributed by atoms with Crippen LogP contribution in [0.3, 0.4) is 0 Å². The van der Waals surface area contributed by atoms with Crippen LogP contribution in [-0.2, 0) is 14.6 Å². The SMILES string of the molecule is CCN(C(=O)[C@@H]1CCCNC1)C1CCS(=O)(=O)C1. The van der Waals surface area contributed by atoms with Crippen molar-refractivity contribution in [3.63, 3.8) is 0 Å². The number of hydrogen-bond donors (Lipinski definition) is 1. The molecule has 1 N–H and O–H groups in total. The summed E-state index contributed by atoms with van der Waals surface area (Å²) < 4.78 is 23.0. The number of nitrogens with one attached hydrogen (secondary N) is 1. The molecule has 6 heteroatoms. The quantitative estimate of drug-likeness (QED) is 0.788. The van der Waals surface area contributed by atoms with Crippen molar-refractivity contribution in [3.8, 4) is 0 Å². The standard InChI is InChI=1S/C12H22N2O3S/c1-2-14(11-5-7-18(16,17)9-11)12(15)10-4-3-6-13-8-10/h10-11,13H,2-9H2,1H3/t10-,11?/m1/s1. The molecule has 0 radical (unpaired) electrons. The van der Waals surface area contributed by atoms with Crippen molar-refractivity contribution in [1.29, 1.82) is 0 Å². The van der Waals surface area contributed by atoms with Crippen molar-refractivity contribution in [2.75, 3.05) is 31.1 Å². The smallest absolute Gasteiger partial charge is 0.227 e. The van der Waals surface area contributed by atoms with Crippen molar-refractivity contribution in [2.45, 2.75) is 32.2 Å². The third-order valence-corrected chi connectivity index (χ3v) is 5.67. The van der Waals surface area contributed by atoms with Crippen LogP contribution < -0.4 is 5.32 Å². The molecule has 0 aromatic rings. The summed E-state index contributed by atoms with van der Waals surface area (Å²) in [4.78, 5) is 14.2. The fraction of sp³-hybridized carbons (Fsp3) is 0.917. The molecule has 2 atom stereocenters. The van der Waals surface area contributed by atoms with Gasteiger partial charge in [-0.15, -0.1) is 0 Å². The monoisotopic (exact) mass is 274 g/mol. The van der Waals surface area contributed by atoms with E-state index in [0.717, 1.165) is 25.9 Å². The summed E-state index contributed by atoms with van der Waals surface area (Å²) >= 11 is 0. The number of carbonyl (C=O) groups is 1. The van der Waals surface area contributed by atoms with Crippen LogP contribution in [0.2, 0.25) is 0 Å². The van der Waals surface area contributed by atoms with E-state index < -0.39 is 9.84 Å². The van der Waals surface area contributed by atoms with Gasteiger partial charge >= 0.3 is 0 Å². The zero-order valence-corrected chi connectivity index (χ0v) is 11.7. The minimum Gasteiger partial charge on any atom is -0.339 e. The van der Waals surface area contributed by atoms with Gasteiger partial charge in [0.05, 0.1) is 17.4 Å². The molecule has 2 aliphatic heterocycles. The summed E-state index contributed by atoms with van der Waals surface area (Å²) in [6.07, 6.45) is 2.54. The number of carbonyl (C=O) groups excluding carboxylic acids is 1. The average molecular weight is 274 g/mol. The second-order valence-corrected chi connectivity index (χ2v) is 7.45. The van der Waals surface area contributed by atoms with E-state index in [0.29, 0.717) is 13.0 Å². The summed E-state index contributed by atoms with van der Waals surface area (Å²) in [7, 11) is -2.92. The highest BCUT2D eigenvalue weighted by Crippen LogP contribution is 2.21. The third-order valence-electron chi connectivity index (χ3n) is 3.92. The van der Waals surface area contributed by atoms with Gasteiger partial charge in [-0.1, -0.05) is 0 Å². The first-order chi connectivity index (χ1) is 8.53. The van der Waals surface area contributed by atoms with Gasteiger partial charge in [-0.2, -0.15) is 0 Å². The second kappa shape index (κ2) is 5.57. The molecule has 2 saturated heterocycles. The lowest BCUT2D eigenvalue weighted by molar-refractivity contribution is -0.137. The van der Waals surface area contributed by atoms with Crippen molar-refractivity contribution < 1.29 is 13.2 Å². The van der Waals surface area contributed by atoms with Gasteiger partial charge in [0, 0.05) is 19.1 Å². The highest BCUT2D eigenvalue weighted by molar-refractivity contribution is 7.91. The number of sulfone groups is 1. The van der Waals surface area contributed by atoms with E-state index >= 15 is 0 Å². The summed E-state index contributed by atoms with van der Waals surface area (Å²) in [5.74, 6) is 0.533. The van der Waals surface area contributed by atoms with Crippen LogP contribution in [0.15, 0.2) is 0 Å². The maximum absolute atomic E-state index is 12.4. The molecule has 0 saturated carbocycles. The highest BCUT2D eigenvalue weighted by Gasteiger charge is 2.36. The molecular weight excluding hydrogens is 252 g/mol. The molecule has 0 aromatic carbocycles. The van der Waals surface area contributed by atoms with E-state index in [2.05, 4.69) is 5.32 Å². The Labute approximate surface area is 109 Å². The molecule has 0 aromatic heterocycles. The number of amides is 1. The number of piperidine rings is 1. The Morgan fingerprint density at radius 2 is 2.17 bits per heavy atom. The van der Waals surface area contributed by atoms with Crippen molar-refractivity contribution in [1.82, 2.24) is 10.2 Å². The van der Waals surface area contributed by atoms with E-state index in [-0.39, 0.29) is 29.4 Å². The molecule has 0 bridgehead atoms. The average Bonchev–Trinajstić information content (AvgIpc) is 2.71. The number of rotatable bonds is 3. The van der Waals surface area contributed by atoms with Crippen LogP contribution in [0.25, 0.3) is 0 Å². The molecular formula is C12H22N2O3S. The van der Waals surface area contributed by atoms with Crippen LogP contribution in [-0.4, -0.2) is 56.4 Å². The summed E-state index contributed by atoms with van der Waals surface area (Å²) in [5.41, 5.74) is 0. The lowest BCUT2D eigenvalue weighted by Crippen LogP contribution is -2.47. The molecule has 18 heavy (non-hydrogen) atoms. The molecule has 0 spiro atoms. The molecule has 2 aliphatic rings. The van der Waals surface area contributed by atoms with Crippen molar-refractivity contribution >= 4 is 15.7 Å². The fourth-order valence-electron chi connectivity index (χ4n) is 2.91. The Kier molecular flexibility index (Phi) is 4.27. The Bertz CT molecular complexity index is 402. The fourth-order valence-corrected chi connectivity index (χ4v) is 4.64. The molecule has 1 amide bonds. The lowest BCUT2D eigenvalue weighted by atomic mass is 9.97. The minimum absolute atomic E-state index is 0.0296. The largest absolute Gasteiger partial charge is 0.339 e. The van der Waals surface area contributed by atoms with Crippen LogP contribution in [0.1, 0.15) is 26.2 Å². The summed E-state index contributed by atoms with van der Waals surface area (Å²) in [6.45, 7) is 4.25. The minimum atomic E-state index is -2.92. The Morgan fingerprint density at radius 1 is 1.39 bits per heavy atom. The third kappa shape index (κ3) is 3.03. The Hall–Kier alpha value is -0.620. The van der Waals surface area contributed by atoms with Crippen molar-refractivity contribution in [3.05, 3.63) is 0 Å². The van der Waals surface area contributed by atoms with Gasteiger partial charge in [0.15, 0.2) is 9.84 Å². The zero-order chi connectivity index (χ0) is 13.2. The molecule has 2 heterocycles.